The van der Waals surface area contributed by atoms with Gasteiger partial charge in [-0.3, -0.25) is 19.2 Å². The number of benzene rings is 3. The van der Waals surface area contributed by atoms with E-state index in [1.165, 1.54) is 0 Å². The SMILES string of the molecule is CCNC(=O)[C@]1(Cc2ccccc2)CCCN(C(=O)[C@@H](Cc2ccc3ccccc3c2)NC(=O)N[C@@H]2CCCN(C(=O)CC(C)NC(=O)CCCCC[NH3+])C2)C1.O=C([O-])C(F)(F)F. The van der Waals surface area contributed by atoms with Crippen molar-refractivity contribution in [1.29, 1.82) is 0 Å². The number of nitrogens with one attached hydrogen (secondary N) is 4. The minimum absolute atomic E-state index is 0.0484. The smallest absolute Gasteiger partial charge is 0.430 e. The number of likely N-dealkylation sites (tertiary alicyclic amines) is 2. The van der Waals surface area contributed by atoms with Crippen molar-refractivity contribution in [3.63, 3.8) is 0 Å². The first-order valence-corrected chi connectivity index (χ1v) is 21.8. The number of alkyl halides is 3. The highest BCUT2D eigenvalue weighted by molar-refractivity contribution is 5.90. The van der Waals surface area contributed by atoms with Gasteiger partial charge < -0.3 is 46.7 Å². The van der Waals surface area contributed by atoms with Crippen molar-refractivity contribution in [2.24, 2.45) is 5.41 Å². The molecular weight excluding hydrogens is 820 g/mol. The van der Waals surface area contributed by atoms with E-state index in [1.807, 2.05) is 80.6 Å². The summed E-state index contributed by atoms with van der Waals surface area (Å²) in [6.45, 7) is 6.77. The molecule has 2 saturated heterocycles. The standard InChI is InChI=1S/C44H61N7O5.C2HF3O2/c1-3-46-42(55)44(29-33-14-6-4-7-15-33)22-13-25-51(31-44)41(54)38(28-34-20-21-35-16-9-10-17-36(35)27-34)49-43(56)48-37-18-12-24-50(30-37)40(53)26-32(2)47-39(52)19-8-5-11-23-45;3-2(4,5)1(6)7/h4,6-7,9-10,14-17,20-21,27,32,37-38H,3,5,8,11-13,18-19,22-26,28-31,45H2,1-2H3,(H,46,55)(H,47,52)(H2,48,49,56);(H,6,7)/t32?,37-,38-,44+;/m1./s1. The number of carboxylic acids is 1. The van der Waals surface area contributed by atoms with E-state index < -0.39 is 29.6 Å². The van der Waals surface area contributed by atoms with Crippen molar-refractivity contribution < 1.29 is 52.8 Å². The summed E-state index contributed by atoms with van der Waals surface area (Å²) in [6.07, 6.45) is 1.71. The molecule has 4 atom stereocenters. The van der Waals surface area contributed by atoms with Crippen molar-refractivity contribution in [3.05, 3.63) is 83.9 Å². The van der Waals surface area contributed by atoms with Crippen LogP contribution in [0.25, 0.3) is 10.8 Å². The number of hydrogen-bond acceptors (Lipinski definition) is 7. The summed E-state index contributed by atoms with van der Waals surface area (Å²) < 4.78 is 31.5. The first-order chi connectivity index (χ1) is 30.0. The van der Waals surface area contributed by atoms with Gasteiger partial charge in [0.1, 0.15) is 12.0 Å². The number of amides is 6. The Hall–Kier alpha value is -5.71. The Morgan fingerprint density at radius 2 is 1.56 bits per heavy atom. The molecule has 2 aliphatic rings. The summed E-state index contributed by atoms with van der Waals surface area (Å²) in [5, 5.41) is 23.0. The minimum atomic E-state index is -5.19. The molecule has 344 valence electrons. The lowest BCUT2D eigenvalue weighted by molar-refractivity contribution is -0.368. The number of aliphatic carboxylic acids is 1. The fraction of sp³-hybridized carbons (Fsp3) is 0.522. The molecule has 14 nitrogen and oxygen atoms in total. The van der Waals surface area contributed by atoms with Crippen molar-refractivity contribution in [1.82, 2.24) is 31.1 Å². The Balaban J connectivity index is 0.00000115. The molecule has 3 aromatic carbocycles. The zero-order chi connectivity index (χ0) is 46.0. The molecule has 3 aromatic rings. The van der Waals surface area contributed by atoms with Gasteiger partial charge in [-0.15, -0.1) is 0 Å². The Morgan fingerprint density at radius 1 is 0.873 bits per heavy atom. The number of fused-ring (bicyclic) bond motifs is 1. The number of carbonyl (C=O) groups excluding carboxylic acids is 6. The lowest BCUT2D eigenvalue weighted by Crippen LogP contribution is -2.60. The number of urea groups is 1. The van der Waals surface area contributed by atoms with Crippen LogP contribution in [-0.4, -0.2) is 109 Å². The van der Waals surface area contributed by atoms with Gasteiger partial charge in [0.05, 0.1) is 12.0 Å². The molecule has 0 aromatic heterocycles. The van der Waals surface area contributed by atoms with Crippen LogP contribution in [0.5, 0.6) is 0 Å². The highest BCUT2D eigenvalue weighted by Gasteiger charge is 2.44. The van der Waals surface area contributed by atoms with E-state index in [0.717, 1.165) is 54.1 Å². The van der Waals surface area contributed by atoms with Gasteiger partial charge in [0.15, 0.2) is 0 Å². The highest BCUT2D eigenvalue weighted by Crippen LogP contribution is 2.35. The Bertz CT molecular complexity index is 2000. The van der Waals surface area contributed by atoms with Crippen LogP contribution in [0.2, 0.25) is 0 Å². The molecule has 63 heavy (non-hydrogen) atoms. The first-order valence-electron chi connectivity index (χ1n) is 21.8. The van der Waals surface area contributed by atoms with Crippen LogP contribution in [0, 0.1) is 5.41 Å². The maximum Gasteiger partial charge on any atom is 0.430 e. The van der Waals surface area contributed by atoms with E-state index in [1.54, 1.807) is 9.80 Å². The van der Waals surface area contributed by atoms with E-state index >= 15 is 0 Å². The summed E-state index contributed by atoms with van der Waals surface area (Å²) >= 11 is 0. The van der Waals surface area contributed by atoms with Gasteiger partial charge in [-0.2, -0.15) is 13.2 Å². The molecule has 2 fully saturated rings. The van der Waals surface area contributed by atoms with Gasteiger partial charge in [-0.1, -0.05) is 72.8 Å². The van der Waals surface area contributed by atoms with Crippen LogP contribution in [0.1, 0.15) is 82.8 Å². The monoisotopic (exact) mass is 881 g/mol. The summed E-state index contributed by atoms with van der Waals surface area (Å²) in [5.74, 6) is -3.41. The maximum absolute atomic E-state index is 14.6. The highest BCUT2D eigenvalue weighted by atomic mass is 19.4. The van der Waals surface area contributed by atoms with Crippen LogP contribution in [0.4, 0.5) is 18.0 Å². The lowest BCUT2D eigenvalue weighted by Gasteiger charge is -2.43. The number of rotatable bonds is 17. The molecule has 0 aliphatic carbocycles. The molecular formula is C46H62F3N7O7. The molecule has 1 unspecified atom stereocenters. The number of nitrogens with zero attached hydrogens (tertiary/aromatic N) is 2. The van der Waals surface area contributed by atoms with Gasteiger partial charge >= 0.3 is 12.2 Å². The summed E-state index contributed by atoms with van der Waals surface area (Å²) in [7, 11) is 0. The zero-order valence-corrected chi connectivity index (χ0v) is 36.3. The van der Waals surface area contributed by atoms with Crippen LogP contribution in [0.3, 0.4) is 0 Å². The van der Waals surface area contributed by atoms with E-state index in [-0.39, 0.29) is 55.1 Å². The van der Waals surface area contributed by atoms with Crippen LogP contribution in [0.15, 0.2) is 72.8 Å². The number of unbranched alkanes of at least 4 members (excludes halogenated alkanes) is 2. The second kappa shape index (κ2) is 24.2. The molecule has 0 spiro atoms. The normalized spacial score (nSPS) is 18.5. The zero-order valence-electron chi connectivity index (χ0n) is 36.3. The van der Waals surface area contributed by atoms with Crippen molar-refractivity contribution >= 4 is 46.4 Å². The summed E-state index contributed by atoms with van der Waals surface area (Å²) in [6, 6.07) is 22.1. The van der Waals surface area contributed by atoms with Crippen LogP contribution >= 0.6 is 0 Å². The quantitative estimate of drug-likeness (QED) is 0.128. The maximum atomic E-state index is 14.6. The first kappa shape index (κ1) is 49.9. The Morgan fingerprint density at radius 3 is 2.24 bits per heavy atom. The van der Waals surface area contributed by atoms with Crippen LogP contribution < -0.4 is 32.1 Å². The Labute approximate surface area is 366 Å². The molecule has 0 saturated carbocycles. The molecule has 2 heterocycles. The lowest BCUT2D eigenvalue weighted by atomic mass is 9.74. The Kier molecular flexibility index (Phi) is 19.2. The third-order valence-electron chi connectivity index (χ3n) is 11.3. The minimum Gasteiger partial charge on any atom is -0.542 e. The van der Waals surface area contributed by atoms with Crippen molar-refractivity contribution in [2.75, 3.05) is 39.3 Å². The third-order valence-corrected chi connectivity index (χ3v) is 11.3. The number of piperidine rings is 2. The van der Waals surface area contributed by atoms with E-state index in [4.69, 9.17) is 9.90 Å². The average Bonchev–Trinajstić information content (AvgIpc) is 3.25. The number of quaternary nitrogens is 1. The topological polar surface area (TPSA) is 208 Å². The molecule has 5 rings (SSSR count). The second-order valence-corrected chi connectivity index (χ2v) is 16.5. The van der Waals surface area contributed by atoms with Gasteiger partial charge in [-0.25, -0.2) is 4.79 Å². The van der Waals surface area contributed by atoms with Gasteiger partial charge in [0.25, 0.3) is 0 Å². The molecule has 7 N–H and O–H groups in total. The van der Waals surface area contributed by atoms with Crippen molar-refractivity contribution in [3.8, 4) is 0 Å². The van der Waals surface area contributed by atoms with Gasteiger partial charge in [0, 0.05) is 64.1 Å². The molecule has 0 bridgehead atoms. The third kappa shape index (κ3) is 15.9. The average molecular weight is 882 g/mol. The fourth-order valence-corrected chi connectivity index (χ4v) is 8.22. The predicted octanol–water partition coefficient (Wildman–Crippen LogP) is 3.02. The molecule has 6 amide bonds. The summed E-state index contributed by atoms with van der Waals surface area (Å²) in [4.78, 5) is 80.0. The van der Waals surface area contributed by atoms with Gasteiger partial charge in [0.2, 0.25) is 23.6 Å². The predicted molar refractivity (Wildman–Crippen MR) is 229 cm³/mol. The fourth-order valence-electron chi connectivity index (χ4n) is 8.22. The second-order valence-electron chi connectivity index (χ2n) is 16.5. The van der Waals surface area contributed by atoms with E-state index in [2.05, 4.69) is 33.1 Å². The van der Waals surface area contributed by atoms with Gasteiger partial charge in [-0.05, 0) is 87.1 Å². The number of halogens is 3. The number of carbonyl (C=O) groups is 6. The number of carboxylic acid groups (broad SMARTS) is 1. The molecule has 2 aliphatic heterocycles. The molecule has 17 heteroatoms. The van der Waals surface area contributed by atoms with E-state index in [9.17, 15) is 37.1 Å². The number of hydrogen-bond donors (Lipinski definition) is 5. The van der Waals surface area contributed by atoms with Crippen LogP contribution in [-0.2, 0) is 36.8 Å². The molecule has 0 radical (unpaired) electrons. The summed E-state index contributed by atoms with van der Waals surface area (Å²) in [5.41, 5.74) is 4.98. The van der Waals surface area contributed by atoms with Crippen molar-refractivity contribution in [2.45, 2.75) is 109 Å². The largest absolute Gasteiger partial charge is 0.542 e. The van der Waals surface area contributed by atoms with E-state index in [0.29, 0.717) is 58.3 Å².